The summed E-state index contributed by atoms with van der Waals surface area (Å²) in [6.45, 7) is 0. The van der Waals surface area contributed by atoms with E-state index in [0.29, 0.717) is 9.90 Å². The average Bonchev–Trinajstić information content (AvgIpc) is 2.78. The molecule has 1 heterocycles. The first kappa shape index (κ1) is 11.2. The van der Waals surface area contributed by atoms with Crippen LogP contribution in [0.2, 0.25) is 5.02 Å². The summed E-state index contributed by atoms with van der Waals surface area (Å²) in [5.41, 5.74) is 1.07. The molecule has 1 aromatic carbocycles. The first-order valence-electron chi connectivity index (χ1n) is 4.78. The van der Waals surface area contributed by atoms with Crippen molar-refractivity contribution >= 4 is 28.8 Å². The third-order valence-corrected chi connectivity index (χ3v) is 3.57. The van der Waals surface area contributed by atoms with Gasteiger partial charge in [0.25, 0.3) is 5.91 Å². The fraction of sp³-hybridized carbons (Fsp3) is 0.0833. The third kappa shape index (κ3) is 2.26. The van der Waals surface area contributed by atoms with Gasteiger partial charge in [0.05, 0.1) is 4.88 Å². The SMILES string of the molecule is CNC(=O)c1ccc(-c2ccc(Cl)cc2)s1. The molecule has 0 atom stereocenters. The van der Waals surface area contributed by atoms with E-state index in [2.05, 4.69) is 5.32 Å². The molecule has 2 aromatic rings. The van der Waals surface area contributed by atoms with E-state index >= 15 is 0 Å². The second-order valence-corrected chi connectivity index (χ2v) is 4.77. The maximum absolute atomic E-state index is 11.4. The van der Waals surface area contributed by atoms with Crippen LogP contribution in [0.15, 0.2) is 36.4 Å². The summed E-state index contributed by atoms with van der Waals surface area (Å²) in [4.78, 5) is 13.2. The van der Waals surface area contributed by atoms with Gasteiger partial charge in [0.2, 0.25) is 0 Å². The summed E-state index contributed by atoms with van der Waals surface area (Å²) < 4.78 is 0. The van der Waals surface area contributed by atoms with Gasteiger partial charge < -0.3 is 5.32 Å². The molecule has 1 N–H and O–H groups in total. The number of amides is 1. The number of benzene rings is 1. The van der Waals surface area contributed by atoms with Crippen LogP contribution in [0.5, 0.6) is 0 Å². The second kappa shape index (κ2) is 4.68. The molecule has 0 aliphatic heterocycles. The molecule has 82 valence electrons. The Hall–Kier alpha value is -1.32. The maximum atomic E-state index is 11.4. The van der Waals surface area contributed by atoms with Gasteiger partial charge >= 0.3 is 0 Å². The predicted octanol–water partition coefficient (Wildman–Crippen LogP) is 3.43. The van der Waals surface area contributed by atoms with Gasteiger partial charge in [-0.1, -0.05) is 23.7 Å². The largest absolute Gasteiger partial charge is 0.354 e. The molecule has 0 saturated heterocycles. The van der Waals surface area contributed by atoms with Crippen molar-refractivity contribution in [1.29, 1.82) is 0 Å². The van der Waals surface area contributed by atoms with Gasteiger partial charge in [0.1, 0.15) is 0 Å². The van der Waals surface area contributed by atoms with Crippen molar-refractivity contribution in [3.63, 3.8) is 0 Å². The zero-order valence-corrected chi connectivity index (χ0v) is 10.2. The van der Waals surface area contributed by atoms with Crippen LogP contribution in [0.25, 0.3) is 10.4 Å². The lowest BCUT2D eigenvalue weighted by Gasteiger charge is -1.97. The highest BCUT2D eigenvalue weighted by Crippen LogP contribution is 2.28. The van der Waals surface area contributed by atoms with E-state index in [1.165, 1.54) is 11.3 Å². The summed E-state index contributed by atoms with van der Waals surface area (Å²) in [5, 5.41) is 3.32. The normalized spacial score (nSPS) is 10.1. The zero-order valence-electron chi connectivity index (χ0n) is 8.66. The molecular weight excluding hydrogens is 242 g/mol. The Morgan fingerprint density at radius 1 is 1.19 bits per heavy atom. The standard InChI is InChI=1S/C12H10ClNOS/c1-14-12(15)11-7-6-10(16-11)8-2-4-9(13)5-3-8/h2-7H,1H3,(H,14,15). The van der Waals surface area contributed by atoms with E-state index in [4.69, 9.17) is 11.6 Å². The number of rotatable bonds is 2. The molecular formula is C12H10ClNOS. The van der Waals surface area contributed by atoms with E-state index in [1.54, 1.807) is 7.05 Å². The molecule has 4 heteroatoms. The van der Waals surface area contributed by atoms with Crippen LogP contribution in [0.3, 0.4) is 0 Å². The van der Waals surface area contributed by atoms with Crippen LogP contribution in [-0.4, -0.2) is 13.0 Å². The number of carbonyl (C=O) groups excluding carboxylic acids is 1. The maximum Gasteiger partial charge on any atom is 0.261 e. The lowest BCUT2D eigenvalue weighted by molar-refractivity contribution is 0.0967. The lowest BCUT2D eigenvalue weighted by Crippen LogP contribution is -2.15. The van der Waals surface area contributed by atoms with Crippen molar-refractivity contribution in [3.05, 3.63) is 46.3 Å². The number of thiophene rings is 1. The van der Waals surface area contributed by atoms with Crippen LogP contribution in [-0.2, 0) is 0 Å². The number of halogens is 1. The molecule has 16 heavy (non-hydrogen) atoms. The summed E-state index contributed by atoms with van der Waals surface area (Å²) in [5.74, 6) is -0.0507. The van der Waals surface area contributed by atoms with Gasteiger partial charge in [0, 0.05) is 16.9 Å². The molecule has 0 radical (unpaired) electrons. The molecule has 1 amide bonds. The highest BCUT2D eigenvalue weighted by molar-refractivity contribution is 7.17. The van der Waals surface area contributed by atoms with Crippen molar-refractivity contribution in [3.8, 4) is 10.4 Å². The highest BCUT2D eigenvalue weighted by atomic mass is 35.5. The van der Waals surface area contributed by atoms with Gasteiger partial charge in [-0.15, -0.1) is 11.3 Å². The summed E-state index contributed by atoms with van der Waals surface area (Å²) in [6, 6.07) is 11.3. The van der Waals surface area contributed by atoms with Gasteiger partial charge in [-0.25, -0.2) is 0 Å². The Morgan fingerprint density at radius 3 is 2.50 bits per heavy atom. The van der Waals surface area contributed by atoms with E-state index < -0.39 is 0 Å². The topological polar surface area (TPSA) is 29.1 Å². The van der Waals surface area contributed by atoms with Crippen LogP contribution >= 0.6 is 22.9 Å². The fourth-order valence-electron chi connectivity index (χ4n) is 1.35. The molecule has 0 unspecified atom stereocenters. The first-order chi connectivity index (χ1) is 7.70. The van der Waals surface area contributed by atoms with E-state index in [0.717, 1.165) is 10.4 Å². The quantitative estimate of drug-likeness (QED) is 0.871. The van der Waals surface area contributed by atoms with E-state index in [9.17, 15) is 4.79 Å². The number of hydrogen-bond acceptors (Lipinski definition) is 2. The summed E-state index contributed by atoms with van der Waals surface area (Å²) >= 11 is 7.29. The Balaban J connectivity index is 2.31. The van der Waals surface area contributed by atoms with Gasteiger partial charge in [-0.3, -0.25) is 4.79 Å². The van der Waals surface area contributed by atoms with Crippen molar-refractivity contribution < 1.29 is 4.79 Å². The predicted molar refractivity (Wildman–Crippen MR) is 68.2 cm³/mol. The first-order valence-corrected chi connectivity index (χ1v) is 5.98. The minimum Gasteiger partial charge on any atom is -0.354 e. The Bertz CT molecular complexity index is 504. The second-order valence-electron chi connectivity index (χ2n) is 3.25. The van der Waals surface area contributed by atoms with Crippen LogP contribution in [0.4, 0.5) is 0 Å². The third-order valence-electron chi connectivity index (χ3n) is 2.19. The van der Waals surface area contributed by atoms with E-state index in [1.807, 2.05) is 36.4 Å². The number of hydrogen-bond donors (Lipinski definition) is 1. The molecule has 0 saturated carbocycles. The van der Waals surface area contributed by atoms with Crippen LogP contribution < -0.4 is 5.32 Å². The van der Waals surface area contributed by atoms with Gasteiger partial charge in [0.15, 0.2) is 0 Å². The molecule has 2 rings (SSSR count). The monoisotopic (exact) mass is 251 g/mol. The van der Waals surface area contributed by atoms with Crippen molar-refractivity contribution in [2.24, 2.45) is 0 Å². The molecule has 0 aliphatic carbocycles. The minimum atomic E-state index is -0.0507. The van der Waals surface area contributed by atoms with Crippen LogP contribution in [0.1, 0.15) is 9.67 Å². The smallest absolute Gasteiger partial charge is 0.261 e. The van der Waals surface area contributed by atoms with Gasteiger partial charge in [-0.05, 0) is 29.8 Å². The van der Waals surface area contributed by atoms with Crippen LogP contribution in [0, 0.1) is 0 Å². The Kier molecular flexibility index (Phi) is 3.27. The summed E-state index contributed by atoms with van der Waals surface area (Å²) in [6.07, 6.45) is 0. The molecule has 0 aliphatic rings. The zero-order chi connectivity index (χ0) is 11.5. The fourth-order valence-corrected chi connectivity index (χ4v) is 2.44. The Labute approximate surface area is 103 Å². The molecule has 0 spiro atoms. The molecule has 2 nitrogen and oxygen atoms in total. The average molecular weight is 252 g/mol. The molecule has 0 fully saturated rings. The highest BCUT2D eigenvalue weighted by Gasteiger charge is 2.08. The number of carbonyl (C=O) groups is 1. The summed E-state index contributed by atoms with van der Waals surface area (Å²) in [7, 11) is 1.63. The molecule has 1 aromatic heterocycles. The van der Waals surface area contributed by atoms with Crippen molar-refractivity contribution in [2.45, 2.75) is 0 Å². The van der Waals surface area contributed by atoms with E-state index in [-0.39, 0.29) is 5.91 Å². The van der Waals surface area contributed by atoms with Crippen molar-refractivity contribution in [2.75, 3.05) is 7.05 Å². The lowest BCUT2D eigenvalue weighted by atomic mass is 10.2. The molecule has 0 bridgehead atoms. The number of nitrogens with one attached hydrogen (secondary N) is 1. The van der Waals surface area contributed by atoms with Crippen molar-refractivity contribution in [1.82, 2.24) is 5.32 Å². The minimum absolute atomic E-state index is 0.0507. The van der Waals surface area contributed by atoms with Gasteiger partial charge in [-0.2, -0.15) is 0 Å². The Morgan fingerprint density at radius 2 is 1.88 bits per heavy atom.